The lowest BCUT2D eigenvalue weighted by molar-refractivity contribution is -0.116. The van der Waals surface area contributed by atoms with Gasteiger partial charge in [0.1, 0.15) is 11.2 Å². The van der Waals surface area contributed by atoms with E-state index in [1.165, 1.54) is 39.7 Å². The van der Waals surface area contributed by atoms with Gasteiger partial charge in [-0.2, -0.15) is 0 Å². The topological polar surface area (TPSA) is 99.4 Å². The molecule has 152 valence electrons. The smallest absolute Gasteiger partial charge is 0.337 e. The van der Waals surface area contributed by atoms with Crippen molar-refractivity contribution in [3.05, 3.63) is 62.1 Å². The Bertz CT molecular complexity index is 1160. The monoisotopic (exact) mass is 415 g/mol. The van der Waals surface area contributed by atoms with Crippen molar-refractivity contribution in [1.29, 1.82) is 0 Å². The van der Waals surface area contributed by atoms with Crippen LogP contribution in [0.1, 0.15) is 30.1 Å². The number of nitrogens with zero attached hydrogens (tertiary/aromatic N) is 2. The third-order valence-corrected chi connectivity index (χ3v) is 5.35. The summed E-state index contributed by atoms with van der Waals surface area (Å²) in [6.07, 6.45) is 1.54. The van der Waals surface area contributed by atoms with Crippen LogP contribution in [0.15, 0.2) is 45.3 Å². The number of carbonyl (C=O) groups is 2. The quantitative estimate of drug-likeness (QED) is 0.598. The number of methoxy groups -OCH3 is 1. The minimum Gasteiger partial charge on any atom is -0.465 e. The average Bonchev–Trinajstić information content (AvgIpc) is 3.21. The molecule has 1 aromatic carbocycles. The van der Waals surface area contributed by atoms with Crippen LogP contribution in [-0.4, -0.2) is 28.1 Å². The number of esters is 1. The van der Waals surface area contributed by atoms with E-state index in [4.69, 9.17) is 0 Å². The van der Waals surface area contributed by atoms with E-state index in [1.807, 2.05) is 6.92 Å². The van der Waals surface area contributed by atoms with E-state index >= 15 is 0 Å². The predicted octanol–water partition coefficient (Wildman–Crippen LogP) is 2.45. The summed E-state index contributed by atoms with van der Waals surface area (Å²) in [6.45, 7) is 2.07. The van der Waals surface area contributed by atoms with Crippen LogP contribution in [0.4, 0.5) is 5.69 Å². The van der Waals surface area contributed by atoms with Crippen LogP contribution < -0.4 is 16.6 Å². The van der Waals surface area contributed by atoms with Crippen LogP contribution in [-0.2, 0) is 22.6 Å². The number of nitrogens with one attached hydrogen (secondary N) is 1. The molecule has 29 heavy (non-hydrogen) atoms. The number of amides is 1. The highest BCUT2D eigenvalue weighted by molar-refractivity contribution is 7.17. The molecule has 0 radical (unpaired) electrons. The first kappa shape index (κ1) is 20.5. The summed E-state index contributed by atoms with van der Waals surface area (Å²) < 4.78 is 7.61. The Morgan fingerprint density at radius 1 is 1.10 bits per heavy atom. The minimum atomic E-state index is -0.495. The number of unbranched alkanes of at least 4 members (excludes halogenated alkanes) is 1. The van der Waals surface area contributed by atoms with E-state index in [0.717, 1.165) is 6.42 Å². The number of hydrogen-bond donors (Lipinski definition) is 1. The number of thiophene rings is 1. The van der Waals surface area contributed by atoms with E-state index in [1.54, 1.807) is 23.6 Å². The van der Waals surface area contributed by atoms with E-state index in [-0.39, 0.29) is 12.1 Å². The fourth-order valence-corrected chi connectivity index (χ4v) is 3.79. The number of aromatic nitrogens is 2. The van der Waals surface area contributed by atoms with Crippen LogP contribution in [0.2, 0.25) is 0 Å². The zero-order valence-electron chi connectivity index (χ0n) is 16.1. The summed E-state index contributed by atoms with van der Waals surface area (Å²) >= 11 is 1.25. The zero-order valence-corrected chi connectivity index (χ0v) is 17.0. The highest BCUT2D eigenvalue weighted by Crippen LogP contribution is 2.16. The number of fused-ring (bicyclic) bond motifs is 1. The molecule has 0 aliphatic rings. The van der Waals surface area contributed by atoms with Gasteiger partial charge in [0.05, 0.1) is 18.2 Å². The van der Waals surface area contributed by atoms with Crippen LogP contribution in [0.25, 0.3) is 10.2 Å². The fourth-order valence-electron chi connectivity index (χ4n) is 2.95. The Balaban J connectivity index is 1.86. The third-order valence-electron chi connectivity index (χ3n) is 4.46. The van der Waals surface area contributed by atoms with Crippen molar-refractivity contribution in [3.63, 3.8) is 0 Å². The standard InChI is InChI=1S/C20H21N3O5S/c1-3-4-10-22-18(25)17-15(9-11-29-17)23(20(22)27)12-16(24)21-14-7-5-13(6-8-14)19(26)28-2/h5-9,11H,3-4,10,12H2,1-2H3,(H,21,24). The Morgan fingerprint density at radius 3 is 2.48 bits per heavy atom. The Hall–Kier alpha value is -3.20. The number of rotatable bonds is 7. The molecule has 0 aliphatic carbocycles. The minimum absolute atomic E-state index is 0.225. The molecule has 8 nitrogen and oxygen atoms in total. The van der Waals surface area contributed by atoms with Gasteiger partial charge in [0.15, 0.2) is 0 Å². The van der Waals surface area contributed by atoms with Crippen LogP contribution in [0.3, 0.4) is 0 Å². The molecule has 0 saturated carbocycles. The maximum atomic E-state index is 12.8. The average molecular weight is 415 g/mol. The van der Waals surface area contributed by atoms with Gasteiger partial charge in [-0.3, -0.25) is 18.7 Å². The van der Waals surface area contributed by atoms with E-state index in [2.05, 4.69) is 10.1 Å². The first-order valence-corrected chi connectivity index (χ1v) is 10.0. The maximum absolute atomic E-state index is 12.8. The van der Waals surface area contributed by atoms with Crippen molar-refractivity contribution in [2.75, 3.05) is 12.4 Å². The second-order valence-corrected chi connectivity index (χ2v) is 7.35. The SMILES string of the molecule is CCCCn1c(=O)c2sccc2n(CC(=O)Nc2ccc(C(=O)OC)cc2)c1=O. The summed E-state index contributed by atoms with van der Waals surface area (Å²) in [4.78, 5) is 49.4. The molecule has 1 amide bonds. The number of ether oxygens (including phenoxy) is 1. The van der Waals surface area contributed by atoms with Crippen LogP contribution >= 0.6 is 11.3 Å². The summed E-state index contributed by atoms with van der Waals surface area (Å²) in [5, 5.41) is 4.43. The molecule has 0 bridgehead atoms. The van der Waals surface area contributed by atoms with E-state index in [9.17, 15) is 19.2 Å². The van der Waals surface area contributed by atoms with Gasteiger partial charge in [-0.1, -0.05) is 13.3 Å². The lowest BCUT2D eigenvalue weighted by Crippen LogP contribution is -2.41. The van der Waals surface area contributed by atoms with Gasteiger partial charge in [0.25, 0.3) is 5.56 Å². The number of carbonyl (C=O) groups excluding carboxylic acids is 2. The van der Waals surface area contributed by atoms with Crippen LogP contribution in [0, 0.1) is 0 Å². The second kappa shape index (κ2) is 8.87. The van der Waals surface area contributed by atoms with Gasteiger partial charge >= 0.3 is 11.7 Å². The lowest BCUT2D eigenvalue weighted by atomic mass is 10.2. The summed E-state index contributed by atoms with van der Waals surface area (Å²) in [7, 11) is 1.29. The Kier molecular flexibility index (Phi) is 6.28. The molecule has 0 saturated heterocycles. The molecule has 0 fully saturated rings. The molecular formula is C20H21N3O5S. The third kappa shape index (κ3) is 4.29. The number of hydrogen-bond acceptors (Lipinski definition) is 6. The molecule has 0 spiro atoms. The Labute approximate surface area is 170 Å². The highest BCUT2D eigenvalue weighted by atomic mass is 32.1. The van der Waals surface area contributed by atoms with Crippen molar-refractivity contribution in [3.8, 4) is 0 Å². The van der Waals surface area contributed by atoms with Gasteiger partial charge < -0.3 is 10.1 Å². The maximum Gasteiger partial charge on any atom is 0.337 e. The molecule has 0 aliphatic heterocycles. The predicted molar refractivity (Wildman–Crippen MR) is 112 cm³/mol. The van der Waals surface area contributed by atoms with Gasteiger partial charge in [-0.05, 0) is 42.1 Å². The molecule has 1 N–H and O–H groups in total. The van der Waals surface area contributed by atoms with Crippen molar-refractivity contribution < 1.29 is 14.3 Å². The van der Waals surface area contributed by atoms with Gasteiger partial charge in [-0.15, -0.1) is 11.3 Å². The molecular weight excluding hydrogens is 394 g/mol. The van der Waals surface area contributed by atoms with Crippen molar-refractivity contribution >= 4 is 39.1 Å². The fraction of sp³-hybridized carbons (Fsp3) is 0.300. The highest BCUT2D eigenvalue weighted by Gasteiger charge is 2.16. The molecule has 3 rings (SSSR count). The molecule has 3 aromatic rings. The lowest BCUT2D eigenvalue weighted by Gasteiger charge is -2.12. The molecule has 2 aromatic heterocycles. The Morgan fingerprint density at radius 2 is 1.83 bits per heavy atom. The first-order valence-electron chi connectivity index (χ1n) is 9.15. The van der Waals surface area contributed by atoms with Crippen molar-refractivity contribution in [2.24, 2.45) is 0 Å². The van der Waals surface area contributed by atoms with Crippen molar-refractivity contribution in [2.45, 2.75) is 32.9 Å². The van der Waals surface area contributed by atoms with E-state index < -0.39 is 17.6 Å². The van der Waals surface area contributed by atoms with Gasteiger partial charge in [0, 0.05) is 12.2 Å². The van der Waals surface area contributed by atoms with Gasteiger partial charge in [0.2, 0.25) is 5.91 Å². The molecule has 0 unspecified atom stereocenters. The summed E-state index contributed by atoms with van der Waals surface area (Å²) in [5.74, 6) is -0.880. The zero-order chi connectivity index (χ0) is 21.0. The summed E-state index contributed by atoms with van der Waals surface area (Å²) in [5.41, 5.74) is 0.490. The first-order chi connectivity index (χ1) is 14.0. The van der Waals surface area contributed by atoms with Crippen molar-refractivity contribution in [1.82, 2.24) is 9.13 Å². The number of benzene rings is 1. The molecule has 2 heterocycles. The van der Waals surface area contributed by atoms with Crippen LogP contribution in [0.5, 0.6) is 0 Å². The molecule has 9 heteroatoms. The second-order valence-electron chi connectivity index (χ2n) is 6.43. The largest absolute Gasteiger partial charge is 0.465 e. The van der Waals surface area contributed by atoms with Gasteiger partial charge in [-0.25, -0.2) is 9.59 Å². The molecule has 0 atom stereocenters. The van der Waals surface area contributed by atoms with E-state index in [0.29, 0.717) is 34.4 Å². The number of anilines is 1. The summed E-state index contributed by atoms with van der Waals surface area (Å²) in [6, 6.07) is 7.90. The normalized spacial score (nSPS) is 10.8.